The van der Waals surface area contributed by atoms with Crippen molar-refractivity contribution < 1.29 is 4.79 Å². The van der Waals surface area contributed by atoms with Crippen LogP contribution >= 0.6 is 0 Å². The highest BCUT2D eigenvalue weighted by atomic mass is 16.2. The number of piperidine rings is 1. The Morgan fingerprint density at radius 2 is 1.95 bits per heavy atom. The molecule has 1 fully saturated rings. The van der Waals surface area contributed by atoms with Crippen LogP contribution in [0, 0.1) is 11.8 Å². The molecule has 3 heteroatoms. The average molecular weight is 274 g/mol. The largest absolute Gasteiger partial charge is 0.339 e. The maximum Gasteiger partial charge on any atom is 0.227 e. The third-order valence-corrected chi connectivity index (χ3v) is 4.77. The van der Waals surface area contributed by atoms with Crippen LogP contribution in [0.1, 0.15) is 45.2 Å². The fourth-order valence-corrected chi connectivity index (χ4v) is 3.03. The number of hydrogen-bond acceptors (Lipinski definition) is 2. The van der Waals surface area contributed by atoms with E-state index in [9.17, 15) is 4.79 Å². The number of hydrogen-bond donors (Lipinski definition) is 1. The molecule has 1 aromatic carbocycles. The summed E-state index contributed by atoms with van der Waals surface area (Å²) < 4.78 is 0. The number of carbonyl (C=O) groups excluding carboxylic acids is 1. The molecule has 1 aliphatic rings. The van der Waals surface area contributed by atoms with Crippen molar-refractivity contribution in [3.63, 3.8) is 0 Å². The topological polar surface area (TPSA) is 46.3 Å². The Balaban J connectivity index is 2.08. The van der Waals surface area contributed by atoms with Gasteiger partial charge in [-0.05, 0) is 31.2 Å². The Kier molecular flexibility index (Phi) is 4.81. The molecule has 1 heterocycles. The Morgan fingerprint density at radius 1 is 1.30 bits per heavy atom. The zero-order valence-electron chi connectivity index (χ0n) is 12.8. The molecule has 20 heavy (non-hydrogen) atoms. The second-order valence-electron chi connectivity index (χ2n) is 6.12. The van der Waals surface area contributed by atoms with Gasteiger partial charge < -0.3 is 10.6 Å². The van der Waals surface area contributed by atoms with E-state index < -0.39 is 0 Å². The fourth-order valence-electron chi connectivity index (χ4n) is 3.03. The minimum Gasteiger partial charge on any atom is -0.339 e. The van der Waals surface area contributed by atoms with Crippen LogP contribution in [-0.4, -0.2) is 23.4 Å². The van der Waals surface area contributed by atoms with Crippen molar-refractivity contribution in [3.8, 4) is 0 Å². The summed E-state index contributed by atoms with van der Waals surface area (Å²) >= 11 is 0. The molecule has 0 bridgehead atoms. The lowest BCUT2D eigenvalue weighted by molar-refractivity contribution is -0.140. The summed E-state index contributed by atoms with van der Waals surface area (Å²) in [5.41, 5.74) is 7.31. The van der Waals surface area contributed by atoms with Gasteiger partial charge in [-0.15, -0.1) is 0 Å². The minimum atomic E-state index is -0.229. The Bertz CT molecular complexity index is 446. The number of rotatable bonds is 3. The second kappa shape index (κ2) is 6.40. The molecule has 0 spiro atoms. The van der Waals surface area contributed by atoms with Gasteiger partial charge in [-0.1, -0.05) is 44.2 Å². The number of benzene rings is 1. The van der Waals surface area contributed by atoms with Gasteiger partial charge in [0.25, 0.3) is 0 Å². The lowest BCUT2D eigenvalue weighted by Gasteiger charge is -2.40. The molecule has 1 aromatic rings. The van der Waals surface area contributed by atoms with E-state index in [0.29, 0.717) is 12.0 Å². The van der Waals surface area contributed by atoms with Gasteiger partial charge in [-0.3, -0.25) is 4.79 Å². The van der Waals surface area contributed by atoms with Crippen LogP contribution in [0.3, 0.4) is 0 Å². The maximum atomic E-state index is 12.7. The van der Waals surface area contributed by atoms with Crippen molar-refractivity contribution in [1.82, 2.24) is 4.90 Å². The molecule has 0 saturated carbocycles. The van der Waals surface area contributed by atoms with E-state index in [4.69, 9.17) is 5.73 Å². The summed E-state index contributed by atoms with van der Waals surface area (Å²) in [5, 5.41) is 0. The molecule has 110 valence electrons. The average Bonchev–Trinajstić information content (AvgIpc) is 2.48. The van der Waals surface area contributed by atoms with Crippen molar-refractivity contribution in [2.45, 2.75) is 45.7 Å². The van der Waals surface area contributed by atoms with E-state index in [1.807, 2.05) is 42.2 Å². The van der Waals surface area contributed by atoms with E-state index >= 15 is 0 Å². The summed E-state index contributed by atoms with van der Waals surface area (Å²) in [5.74, 6) is 0.596. The Labute approximate surface area is 122 Å². The first-order valence-corrected chi connectivity index (χ1v) is 7.63. The van der Waals surface area contributed by atoms with E-state index in [-0.39, 0.29) is 17.9 Å². The smallest absolute Gasteiger partial charge is 0.227 e. The standard InChI is InChI=1S/C17H26N2O/c1-12-8-7-11-19(14(12)3)17(20)13(2)16(18)15-9-5-4-6-10-15/h4-6,9-10,12-14,16H,7-8,11,18H2,1-3H3. The molecule has 4 unspecified atom stereocenters. The van der Waals surface area contributed by atoms with Gasteiger partial charge in [0.15, 0.2) is 0 Å². The third kappa shape index (κ3) is 3.04. The zero-order valence-corrected chi connectivity index (χ0v) is 12.8. The molecule has 0 radical (unpaired) electrons. The number of nitrogens with zero attached hydrogens (tertiary/aromatic N) is 1. The summed E-state index contributed by atoms with van der Waals surface area (Å²) in [7, 11) is 0. The lowest BCUT2D eigenvalue weighted by atomic mass is 9.88. The molecule has 2 N–H and O–H groups in total. The lowest BCUT2D eigenvalue weighted by Crippen LogP contribution is -2.49. The molecule has 0 aromatic heterocycles. The van der Waals surface area contributed by atoms with Crippen molar-refractivity contribution in [2.24, 2.45) is 17.6 Å². The summed E-state index contributed by atoms with van der Waals surface area (Å²) in [6.07, 6.45) is 2.31. The van der Waals surface area contributed by atoms with Crippen LogP contribution in [0.15, 0.2) is 30.3 Å². The van der Waals surface area contributed by atoms with Gasteiger partial charge in [0.1, 0.15) is 0 Å². The van der Waals surface area contributed by atoms with Crippen LogP contribution in [0.2, 0.25) is 0 Å². The van der Waals surface area contributed by atoms with Crippen LogP contribution in [0.4, 0.5) is 0 Å². The van der Waals surface area contributed by atoms with Crippen LogP contribution in [0.25, 0.3) is 0 Å². The van der Waals surface area contributed by atoms with E-state index in [1.54, 1.807) is 0 Å². The molecule has 4 atom stereocenters. The predicted octanol–water partition coefficient (Wildman–Crippen LogP) is 2.97. The monoisotopic (exact) mass is 274 g/mol. The van der Waals surface area contributed by atoms with Gasteiger partial charge in [-0.25, -0.2) is 0 Å². The molecular weight excluding hydrogens is 248 g/mol. The minimum absolute atomic E-state index is 0.176. The van der Waals surface area contributed by atoms with Gasteiger partial charge in [0.2, 0.25) is 5.91 Å². The van der Waals surface area contributed by atoms with E-state index in [0.717, 1.165) is 18.5 Å². The van der Waals surface area contributed by atoms with Crippen LogP contribution < -0.4 is 5.73 Å². The molecule has 0 aliphatic carbocycles. The zero-order chi connectivity index (χ0) is 14.7. The summed E-state index contributed by atoms with van der Waals surface area (Å²) in [6, 6.07) is 10.00. The first-order chi connectivity index (χ1) is 9.52. The van der Waals surface area contributed by atoms with Gasteiger partial charge in [0, 0.05) is 18.6 Å². The molecule has 1 aliphatic heterocycles. The Morgan fingerprint density at radius 3 is 2.60 bits per heavy atom. The van der Waals surface area contributed by atoms with Gasteiger partial charge in [0.05, 0.1) is 5.92 Å². The van der Waals surface area contributed by atoms with Gasteiger partial charge >= 0.3 is 0 Å². The van der Waals surface area contributed by atoms with Crippen LogP contribution in [-0.2, 0) is 4.79 Å². The molecule has 1 saturated heterocycles. The number of likely N-dealkylation sites (tertiary alicyclic amines) is 1. The van der Waals surface area contributed by atoms with Crippen molar-refractivity contribution in [1.29, 1.82) is 0 Å². The van der Waals surface area contributed by atoms with Crippen LogP contribution in [0.5, 0.6) is 0 Å². The molecule has 3 nitrogen and oxygen atoms in total. The number of carbonyl (C=O) groups is 1. The highest BCUT2D eigenvalue weighted by molar-refractivity contribution is 5.80. The highest BCUT2D eigenvalue weighted by Crippen LogP contribution is 2.27. The first kappa shape index (κ1) is 15.0. The van der Waals surface area contributed by atoms with Gasteiger partial charge in [-0.2, -0.15) is 0 Å². The number of amides is 1. The van der Waals surface area contributed by atoms with Crippen molar-refractivity contribution in [3.05, 3.63) is 35.9 Å². The Hall–Kier alpha value is -1.35. The summed E-state index contributed by atoms with van der Waals surface area (Å²) in [6.45, 7) is 7.20. The van der Waals surface area contributed by atoms with Crippen molar-refractivity contribution in [2.75, 3.05) is 6.54 Å². The summed E-state index contributed by atoms with van der Waals surface area (Å²) in [4.78, 5) is 14.7. The SMILES string of the molecule is CC1CCCN(C(=O)C(C)C(N)c2ccccc2)C1C. The van der Waals surface area contributed by atoms with Crippen molar-refractivity contribution >= 4 is 5.91 Å². The highest BCUT2D eigenvalue weighted by Gasteiger charge is 2.33. The fraction of sp³-hybridized carbons (Fsp3) is 0.588. The molecule has 2 rings (SSSR count). The quantitative estimate of drug-likeness (QED) is 0.921. The third-order valence-electron chi connectivity index (χ3n) is 4.77. The molecule has 1 amide bonds. The van der Waals surface area contributed by atoms with E-state index in [2.05, 4.69) is 13.8 Å². The molecular formula is C17H26N2O. The van der Waals surface area contributed by atoms with E-state index in [1.165, 1.54) is 6.42 Å². The maximum absolute atomic E-state index is 12.7. The number of nitrogens with two attached hydrogens (primary N) is 1. The normalized spacial score (nSPS) is 26.1. The second-order valence-corrected chi connectivity index (χ2v) is 6.12. The first-order valence-electron chi connectivity index (χ1n) is 7.63. The predicted molar refractivity (Wildman–Crippen MR) is 82.1 cm³/mol.